The zero-order valence-corrected chi connectivity index (χ0v) is 13.7. The predicted molar refractivity (Wildman–Crippen MR) is 91.6 cm³/mol. The summed E-state index contributed by atoms with van der Waals surface area (Å²) in [6.07, 6.45) is 0.655. The van der Waals surface area contributed by atoms with E-state index in [1.54, 1.807) is 30.3 Å². The van der Waals surface area contributed by atoms with Crippen LogP contribution in [0.25, 0.3) is 11.0 Å². The Kier molecular flexibility index (Phi) is 3.53. The lowest BCUT2D eigenvalue weighted by atomic mass is 10.1. The molecule has 0 bridgehead atoms. The fourth-order valence-electron chi connectivity index (χ4n) is 3.09. The van der Waals surface area contributed by atoms with Gasteiger partial charge in [-0.3, -0.25) is 10.1 Å². The molecule has 0 spiro atoms. The highest BCUT2D eigenvalue weighted by atomic mass is 35.5. The monoisotopic (exact) mass is 343 g/mol. The number of hydrogen-bond acceptors (Lipinski definition) is 2. The summed E-state index contributed by atoms with van der Waals surface area (Å²) in [4.78, 5) is 16.9. The summed E-state index contributed by atoms with van der Waals surface area (Å²) >= 11 is 5.98. The first-order chi connectivity index (χ1) is 11.5. The largest absolute Gasteiger partial charge is 0.313 e. The molecular formula is C18H15ClFN3O. The number of rotatable bonds is 3. The minimum atomic E-state index is -0.254. The first-order valence-corrected chi connectivity index (χ1v) is 8.09. The Hall–Kier alpha value is -2.40. The number of imidazole rings is 1. The van der Waals surface area contributed by atoms with Crippen LogP contribution in [0.4, 0.5) is 10.3 Å². The van der Waals surface area contributed by atoms with Crippen LogP contribution in [0.15, 0.2) is 42.5 Å². The second-order valence-corrected chi connectivity index (χ2v) is 6.52. The molecule has 6 heteroatoms. The number of aromatic nitrogens is 2. The Morgan fingerprint density at radius 1 is 1.33 bits per heavy atom. The third-order valence-electron chi connectivity index (χ3n) is 4.51. The van der Waals surface area contributed by atoms with Crippen LogP contribution < -0.4 is 5.32 Å². The molecule has 2 atom stereocenters. The molecular weight excluding hydrogens is 329 g/mol. The number of carbonyl (C=O) groups excluding carboxylic acids is 1. The number of fused-ring (bicyclic) bond motifs is 1. The van der Waals surface area contributed by atoms with Gasteiger partial charge in [-0.2, -0.15) is 0 Å². The van der Waals surface area contributed by atoms with E-state index in [-0.39, 0.29) is 23.6 Å². The van der Waals surface area contributed by atoms with E-state index in [1.807, 2.05) is 17.7 Å². The highest BCUT2D eigenvalue weighted by molar-refractivity contribution is 6.31. The van der Waals surface area contributed by atoms with Crippen molar-refractivity contribution in [2.24, 2.45) is 13.0 Å². The molecule has 1 aromatic heterocycles. The van der Waals surface area contributed by atoms with Gasteiger partial charge in [0.1, 0.15) is 5.82 Å². The van der Waals surface area contributed by atoms with Crippen molar-refractivity contribution >= 4 is 34.5 Å². The van der Waals surface area contributed by atoms with E-state index in [0.29, 0.717) is 23.0 Å². The van der Waals surface area contributed by atoms with Crippen molar-refractivity contribution in [1.82, 2.24) is 9.55 Å². The molecule has 0 saturated heterocycles. The van der Waals surface area contributed by atoms with Crippen LogP contribution in [0, 0.1) is 11.7 Å². The van der Waals surface area contributed by atoms with Crippen molar-refractivity contribution in [2.75, 3.05) is 5.32 Å². The number of carbonyl (C=O) groups is 1. The smallest absolute Gasteiger partial charge is 0.230 e. The summed E-state index contributed by atoms with van der Waals surface area (Å²) in [6, 6.07) is 12.0. The van der Waals surface area contributed by atoms with Gasteiger partial charge in [0.2, 0.25) is 11.9 Å². The molecule has 0 aliphatic heterocycles. The van der Waals surface area contributed by atoms with E-state index < -0.39 is 0 Å². The van der Waals surface area contributed by atoms with Crippen molar-refractivity contribution in [1.29, 1.82) is 0 Å². The maximum absolute atomic E-state index is 13.8. The molecule has 1 amide bonds. The topological polar surface area (TPSA) is 46.9 Å². The molecule has 2 unspecified atom stereocenters. The fraction of sp³-hybridized carbons (Fsp3) is 0.222. The minimum Gasteiger partial charge on any atom is -0.313 e. The van der Waals surface area contributed by atoms with E-state index in [1.165, 1.54) is 6.07 Å². The lowest BCUT2D eigenvalue weighted by Crippen LogP contribution is -2.17. The standard InChI is InChI=1S/C18H15ClFN3O/c1-23-16-7-6-10(19)8-15(16)21-18(23)22-17(24)13-9-12(13)11-4-2-3-5-14(11)20/h2-8,12-13H,9H2,1H3,(H,21,22,24). The molecule has 3 aromatic rings. The molecule has 1 N–H and O–H groups in total. The van der Waals surface area contributed by atoms with Crippen LogP contribution >= 0.6 is 11.6 Å². The summed E-state index contributed by atoms with van der Waals surface area (Å²) in [5.41, 5.74) is 2.22. The van der Waals surface area contributed by atoms with E-state index in [0.717, 1.165) is 11.0 Å². The molecule has 24 heavy (non-hydrogen) atoms. The van der Waals surface area contributed by atoms with Gasteiger partial charge in [-0.05, 0) is 42.2 Å². The number of hydrogen-bond donors (Lipinski definition) is 1. The van der Waals surface area contributed by atoms with Crippen molar-refractivity contribution in [2.45, 2.75) is 12.3 Å². The SMILES string of the molecule is Cn1c(NC(=O)C2CC2c2ccccc2F)nc2cc(Cl)ccc21. The lowest BCUT2D eigenvalue weighted by Gasteiger charge is -2.05. The average Bonchev–Trinajstić information content (AvgIpc) is 3.29. The second-order valence-electron chi connectivity index (χ2n) is 6.09. The van der Waals surface area contributed by atoms with Crippen molar-refractivity contribution in [3.63, 3.8) is 0 Å². The number of halogens is 2. The van der Waals surface area contributed by atoms with Crippen LogP contribution in [0.1, 0.15) is 17.9 Å². The van der Waals surface area contributed by atoms with Crippen molar-refractivity contribution in [3.05, 3.63) is 58.9 Å². The fourth-order valence-corrected chi connectivity index (χ4v) is 3.26. The predicted octanol–water partition coefficient (Wildman–Crippen LogP) is 4.11. The highest BCUT2D eigenvalue weighted by Crippen LogP contribution is 2.48. The Morgan fingerprint density at radius 3 is 2.92 bits per heavy atom. The Bertz CT molecular complexity index is 953. The zero-order chi connectivity index (χ0) is 16.8. The Morgan fingerprint density at radius 2 is 2.12 bits per heavy atom. The zero-order valence-electron chi connectivity index (χ0n) is 13.0. The van der Waals surface area contributed by atoms with Crippen LogP contribution in [-0.4, -0.2) is 15.5 Å². The molecule has 1 fully saturated rings. The van der Waals surface area contributed by atoms with Gasteiger partial charge in [0.05, 0.1) is 11.0 Å². The van der Waals surface area contributed by atoms with Gasteiger partial charge in [0.25, 0.3) is 0 Å². The molecule has 4 nitrogen and oxygen atoms in total. The minimum absolute atomic E-state index is 0.0599. The number of nitrogens with zero attached hydrogens (tertiary/aromatic N) is 2. The van der Waals surface area contributed by atoms with E-state index >= 15 is 0 Å². The summed E-state index contributed by atoms with van der Waals surface area (Å²) in [5, 5.41) is 3.45. The molecule has 1 heterocycles. The molecule has 122 valence electrons. The second kappa shape index (κ2) is 5.60. The van der Waals surface area contributed by atoms with E-state index in [2.05, 4.69) is 10.3 Å². The number of anilines is 1. The van der Waals surface area contributed by atoms with Gasteiger partial charge in [-0.1, -0.05) is 29.8 Å². The molecule has 1 saturated carbocycles. The number of benzene rings is 2. The summed E-state index contributed by atoms with van der Waals surface area (Å²) in [6.45, 7) is 0. The van der Waals surface area contributed by atoms with Gasteiger partial charge >= 0.3 is 0 Å². The van der Waals surface area contributed by atoms with Gasteiger partial charge in [-0.15, -0.1) is 0 Å². The van der Waals surface area contributed by atoms with Crippen LogP contribution in [-0.2, 0) is 11.8 Å². The highest BCUT2D eigenvalue weighted by Gasteiger charge is 2.45. The molecule has 2 aromatic carbocycles. The third kappa shape index (κ3) is 2.55. The van der Waals surface area contributed by atoms with Gasteiger partial charge in [-0.25, -0.2) is 9.37 Å². The lowest BCUT2D eigenvalue weighted by molar-refractivity contribution is -0.117. The quantitative estimate of drug-likeness (QED) is 0.778. The molecule has 0 radical (unpaired) electrons. The van der Waals surface area contributed by atoms with Gasteiger partial charge in [0, 0.05) is 18.0 Å². The van der Waals surface area contributed by atoms with Gasteiger partial charge < -0.3 is 4.57 Å². The molecule has 1 aliphatic carbocycles. The van der Waals surface area contributed by atoms with E-state index in [4.69, 9.17) is 11.6 Å². The van der Waals surface area contributed by atoms with Crippen LogP contribution in [0.5, 0.6) is 0 Å². The normalized spacial score (nSPS) is 19.5. The molecule has 1 aliphatic rings. The number of aryl methyl sites for hydroxylation is 1. The third-order valence-corrected chi connectivity index (χ3v) is 4.74. The van der Waals surface area contributed by atoms with Gasteiger partial charge in [0.15, 0.2) is 0 Å². The van der Waals surface area contributed by atoms with Crippen LogP contribution in [0.2, 0.25) is 5.02 Å². The maximum Gasteiger partial charge on any atom is 0.230 e. The summed E-state index contributed by atoms with van der Waals surface area (Å²) in [5.74, 6) is -0.194. The first-order valence-electron chi connectivity index (χ1n) is 7.72. The average molecular weight is 344 g/mol. The Balaban J connectivity index is 1.53. The Labute approximate surface area is 143 Å². The summed E-state index contributed by atoms with van der Waals surface area (Å²) in [7, 11) is 1.83. The van der Waals surface area contributed by atoms with Crippen LogP contribution in [0.3, 0.4) is 0 Å². The summed E-state index contributed by atoms with van der Waals surface area (Å²) < 4.78 is 15.6. The number of amides is 1. The van der Waals surface area contributed by atoms with E-state index in [9.17, 15) is 9.18 Å². The van der Waals surface area contributed by atoms with Crippen molar-refractivity contribution in [3.8, 4) is 0 Å². The molecule has 4 rings (SSSR count). The number of nitrogens with one attached hydrogen (secondary N) is 1. The maximum atomic E-state index is 13.8. The first kappa shape index (κ1) is 15.1. The van der Waals surface area contributed by atoms with Crippen molar-refractivity contribution < 1.29 is 9.18 Å².